The third-order valence-electron chi connectivity index (χ3n) is 5.14. The van der Waals surface area contributed by atoms with Crippen LogP contribution in [0, 0.1) is 0 Å². The molecule has 0 aliphatic rings. The van der Waals surface area contributed by atoms with E-state index in [2.05, 4.69) is 100 Å². The van der Waals surface area contributed by atoms with Gasteiger partial charge in [0.15, 0.2) is 0 Å². The SMILES string of the molecule is CN(C[C@H](O)CNC(C)(C)Cc1ccc2ccccc2c1)SCc1ccccc1Br. The second kappa shape index (κ2) is 10.8. The topological polar surface area (TPSA) is 35.5 Å². The Bertz CT molecular complexity index is 963. The number of fused-ring (bicyclic) bond motifs is 1. The van der Waals surface area contributed by atoms with E-state index >= 15 is 0 Å². The number of β-amino-alcohol motifs (C(OH)–C–C–N with tert-alkyl or cyclic N) is 1. The number of rotatable bonds is 10. The maximum Gasteiger partial charge on any atom is 0.0800 e. The Morgan fingerprint density at radius 2 is 1.73 bits per heavy atom. The summed E-state index contributed by atoms with van der Waals surface area (Å²) in [6, 6.07) is 23.4. The predicted molar refractivity (Wildman–Crippen MR) is 134 cm³/mol. The monoisotopic (exact) mass is 486 g/mol. The number of hydrogen-bond donors (Lipinski definition) is 2. The summed E-state index contributed by atoms with van der Waals surface area (Å²) in [6.07, 6.45) is 0.495. The molecule has 0 aliphatic carbocycles. The maximum absolute atomic E-state index is 10.5. The Kier molecular flexibility index (Phi) is 8.37. The van der Waals surface area contributed by atoms with Crippen molar-refractivity contribution >= 4 is 38.7 Å². The van der Waals surface area contributed by atoms with Crippen LogP contribution in [0.3, 0.4) is 0 Å². The van der Waals surface area contributed by atoms with Crippen molar-refractivity contribution in [3.63, 3.8) is 0 Å². The second-order valence-electron chi connectivity index (χ2n) is 8.45. The number of hydrogen-bond acceptors (Lipinski definition) is 4. The van der Waals surface area contributed by atoms with E-state index in [9.17, 15) is 5.11 Å². The highest BCUT2D eigenvalue weighted by Crippen LogP contribution is 2.23. The minimum Gasteiger partial charge on any atom is -0.390 e. The van der Waals surface area contributed by atoms with Crippen LogP contribution in [0.25, 0.3) is 10.8 Å². The summed E-state index contributed by atoms with van der Waals surface area (Å²) in [4.78, 5) is 0. The normalized spacial score (nSPS) is 13.1. The molecule has 3 aromatic rings. The van der Waals surface area contributed by atoms with E-state index in [1.807, 2.05) is 13.1 Å². The van der Waals surface area contributed by atoms with Gasteiger partial charge in [0.25, 0.3) is 0 Å². The minimum absolute atomic E-state index is 0.0932. The van der Waals surface area contributed by atoms with Crippen LogP contribution < -0.4 is 5.32 Å². The molecule has 1 atom stereocenters. The Hall–Kier alpha value is -1.37. The van der Waals surface area contributed by atoms with Gasteiger partial charge in [0.1, 0.15) is 0 Å². The van der Waals surface area contributed by atoms with Gasteiger partial charge < -0.3 is 10.4 Å². The Labute approximate surface area is 193 Å². The summed E-state index contributed by atoms with van der Waals surface area (Å²) in [5, 5.41) is 16.6. The van der Waals surface area contributed by atoms with Crippen molar-refractivity contribution in [3.05, 3.63) is 82.3 Å². The molecule has 0 bridgehead atoms. The van der Waals surface area contributed by atoms with Crippen LogP contribution in [0.4, 0.5) is 0 Å². The second-order valence-corrected chi connectivity index (χ2v) is 10.5. The van der Waals surface area contributed by atoms with Crippen molar-refractivity contribution in [3.8, 4) is 0 Å². The number of benzene rings is 3. The van der Waals surface area contributed by atoms with Crippen molar-refractivity contribution in [2.24, 2.45) is 0 Å². The van der Waals surface area contributed by atoms with E-state index in [-0.39, 0.29) is 5.54 Å². The zero-order valence-electron chi connectivity index (χ0n) is 17.9. The lowest BCUT2D eigenvalue weighted by Gasteiger charge is -2.29. The third-order valence-corrected chi connectivity index (χ3v) is 6.95. The van der Waals surface area contributed by atoms with Crippen LogP contribution >= 0.6 is 27.9 Å². The molecule has 0 spiro atoms. The first kappa shape index (κ1) is 23.3. The highest BCUT2D eigenvalue weighted by molar-refractivity contribution is 9.10. The first-order chi connectivity index (χ1) is 14.3. The molecule has 0 heterocycles. The number of aliphatic hydroxyl groups excluding tert-OH is 1. The van der Waals surface area contributed by atoms with E-state index < -0.39 is 6.10 Å². The lowest BCUT2D eigenvalue weighted by atomic mass is 9.93. The van der Waals surface area contributed by atoms with Gasteiger partial charge in [-0.05, 0) is 55.3 Å². The fourth-order valence-electron chi connectivity index (χ4n) is 3.52. The number of nitrogens with one attached hydrogen (secondary N) is 1. The zero-order valence-corrected chi connectivity index (χ0v) is 20.3. The summed E-state index contributed by atoms with van der Waals surface area (Å²) in [7, 11) is 2.03. The Morgan fingerprint density at radius 1 is 1.03 bits per heavy atom. The van der Waals surface area contributed by atoms with Crippen LogP contribution in [0.5, 0.6) is 0 Å². The summed E-state index contributed by atoms with van der Waals surface area (Å²) < 4.78 is 3.24. The van der Waals surface area contributed by atoms with Gasteiger partial charge >= 0.3 is 0 Å². The Balaban J connectivity index is 1.45. The molecule has 3 nitrogen and oxygen atoms in total. The largest absolute Gasteiger partial charge is 0.390 e. The molecular formula is C25H31BrN2OS. The average molecular weight is 488 g/mol. The van der Waals surface area contributed by atoms with Crippen LogP contribution in [0.15, 0.2) is 71.2 Å². The van der Waals surface area contributed by atoms with E-state index in [4.69, 9.17) is 0 Å². The molecule has 3 rings (SSSR count). The number of halogens is 1. The van der Waals surface area contributed by atoms with E-state index in [1.165, 1.54) is 21.9 Å². The summed E-state index contributed by atoms with van der Waals surface area (Å²) in [5.41, 5.74) is 2.48. The van der Waals surface area contributed by atoms with Crippen molar-refractivity contribution in [2.75, 3.05) is 20.1 Å². The van der Waals surface area contributed by atoms with Crippen LogP contribution in [0.1, 0.15) is 25.0 Å². The average Bonchev–Trinajstić information content (AvgIpc) is 2.71. The lowest BCUT2D eigenvalue weighted by molar-refractivity contribution is 0.142. The minimum atomic E-state index is -0.419. The van der Waals surface area contributed by atoms with E-state index in [1.54, 1.807) is 11.9 Å². The fraction of sp³-hybridized carbons (Fsp3) is 0.360. The molecule has 0 saturated heterocycles. The van der Waals surface area contributed by atoms with Gasteiger partial charge in [-0.2, -0.15) is 0 Å². The van der Waals surface area contributed by atoms with Crippen molar-refractivity contribution < 1.29 is 5.11 Å². The molecule has 160 valence electrons. The number of nitrogens with zero attached hydrogens (tertiary/aromatic N) is 1. The van der Waals surface area contributed by atoms with Gasteiger partial charge in [0.05, 0.1) is 6.10 Å². The molecule has 0 aromatic heterocycles. The summed E-state index contributed by atoms with van der Waals surface area (Å²) >= 11 is 5.32. The molecule has 0 saturated carbocycles. The Morgan fingerprint density at radius 3 is 2.50 bits per heavy atom. The van der Waals surface area contributed by atoms with Crippen molar-refractivity contribution in [2.45, 2.75) is 37.7 Å². The summed E-state index contributed by atoms with van der Waals surface area (Å²) in [6.45, 7) is 5.58. The fourth-order valence-corrected chi connectivity index (χ4v) is 5.02. The quantitative estimate of drug-likeness (QED) is 0.362. The standard InChI is InChI=1S/C25H31BrN2OS/c1-25(2,15-19-12-13-20-8-4-5-9-21(20)14-19)27-16-23(29)17-28(3)30-18-22-10-6-7-11-24(22)26/h4-14,23,27,29H,15-18H2,1-3H3/t23-/m1/s1. The zero-order chi connectivity index (χ0) is 21.6. The highest BCUT2D eigenvalue weighted by Gasteiger charge is 2.20. The predicted octanol–water partition coefficient (Wildman–Crippen LogP) is 5.65. The molecule has 0 amide bonds. The first-order valence-corrected chi connectivity index (χ1v) is 12.0. The highest BCUT2D eigenvalue weighted by atomic mass is 79.9. The van der Waals surface area contributed by atoms with Gasteiger partial charge in [-0.25, -0.2) is 0 Å². The van der Waals surface area contributed by atoms with Crippen molar-refractivity contribution in [1.29, 1.82) is 0 Å². The van der Waals surface area contributed by atoms with Gasteiger partial charge in [0.2, 0.25) is 0 Å². The summed E-state index contributed by atoms with van der Waals surface area (Å²) in [5.74, 6) is 0.880. The van der Waals surface area contributed by atoms with Crippen LogP contribution in [-0.4, -0.2) is 41.2 Å². The van der Waals surface area contributed by atoms with Gasteiger partial charge in [-0.15, -0.1) is 0 Å². The van der Waals surface area contributed by atoms with Crippen LogP contribution in [0.2, 0.25) is 0 Å². The molecule has 0 fully saturated rings. The number of likely N-dealkylation sites (N-methyl/N-ethyl adjacent to an activating group) is 1. The molecule has 3 aromatic carbocycles. The lowest BCUT2D eigenvalue weighted by Crippen LogP contribution is -2.46. The smallest absolute Gasteiger partial charge is 0.0800 e. The molecular weight excluding hydrogens is 456 g/mol. The van der Waals surface area contributed by atoms with E-state index in [0.717, 1.165) is 16.6 Å². The molecule has 0 unspecified atom stereocenters. The van der Waals surface area contributed by atoms with Gasteiger partial charge in [-0.1, -0.05) is 88.5 Å². The molecule has 30 heavy (non-hydrogen) atoms. The molecule has 0 aliphatic heterocycles. The molecule has 0 radical (unpaired) electrons. The van der Waals surface area contributed by atoms with Gasteiger partial charge in [0, 0.05) is 28.9 Å². The molecule has 5 heteroatoms. The van der Waals surface area contributed by atoms with E-state index in [0.29, 0.717) is 13.1 Å². The van der Waals surface area contributed by atoms with Crippen LogP contribution in [-0.2, 0) is 12.2 Å². The molecule has 2 N–H and O–H groups in total. The number of aliphatic hydroxyl groups is 1. The van der Waals surface area contributed by atoms with Gasteiger partial charge in [-0.3, -0.25) is 4.31 Å². The van der Waals surface area contributed by atoms with Crippen molar-refractivity contribution in [1.82, 2.24) is 9.62 Å². The first-order valence-electron chi connectivity index (χ1n) is 10.3. The third kappa shape index (κ3) is 7.10. The maximum atomic E-state index is 10.5.